The minimum absolute atomic E-state index is 0.679. The van der Waals surface area contributed by atoms with Crippen LogP contribution in [-0.2, 0) is 13.0 Å². The SMILES string of the molecule is CCn1c(CC(C)C2CCCNC2)nc2cnccc21. The molecule has 0 bridgehead atoms. The standard InChI is InChI=1S/C16H24N4/c1-3-20-15-6-8-18-11-14(15)19-16(20)9-12(2)13-5-4-7-17-10-13/h6,8,11-13,17H,3-5,7,9-10H2,1-2H3. The van der Waals surface area contributed by atoms with Gasteiger partial charge in [-0.3, -0.25) is 4.98 Å². The van der Waals surface area contributed by atoms with Crippen LogP contribution in [0.1, 0.15) is 32.5 Å². The zero-order chi connectivity index (χ0) is 13.9. The van der Waals surface area contributed by atoms with E-state index >= 15 is 0 Å². The van der Waals surface area contributed by atoms with E-state index in [1.54, 1.807) is 0 Å². The minimum Gasteiger partial charge on any atom is -0.328 e. The highest BCUT2D eigenvalue weighted by Gasteiger charge is 2.22. The number of rotatable bonds is 4. The van der Waals surface area contributed by atoms with Crippen LogP contribution in [0.15, 0.2) is 18.5 Å². The van der Waals surface area contributed by atoms with E-state index in [2.05, 4.69) is 34.8 Å². The van der Waals surface area contributed by atoms with Crippen molar-refractivity contribution in [1.82, 2.24) is 19.9 Å². The number of imidazole rings is 1. The highest BCUT2D eigenvalue weighted by Crippen LogP contribution is 2.24. The van der Waals surface area contributed by atoms with Crippen LogP contribution in [0.5, 0.6) is 0 Å². The van der Waals surface area contributed by atoms with Gasteiger partial charge in [-0.1, -0.05) is 6.92 Å². The molecule has 2 unspecified atom stereocenters. The molecule has 2 aromatic heterocycles. The lowest BCUT2D eigenvalue weighted by Gasteiger charge is -2.28. The number of piperidine rings is 1. The molecule has 0 radical (unpaired) electrons. The first-order valence-corrected chi connectivity index (χ1v) is 7.79. The molecule has 1 saturated heterocycles. The lowest BCUT2D eigenvalue weighted by molar-refractivity contribution is 0.274. The molecule has 3 rings (SSSR count). The van der Waals surface area contributed by atoms with E-state index in [0.717, 1.165) is 30.9 Å². The molecule has 0 aliphatic carbocycles. The van der Waals surface area contributed by atoms with Gasteiger partial charge in [-0.05, 0) is 50.8 Å². The highest BCUT2D eigenvalue weighted by molar-refractivity contribution is 5.74. The first-order valence-electron chi connectivity index (χ1n) is 7.79. The zero-order valence-corrected chi connectivity index (χ0v) is 12.5. The summed E-state index contributed by atoms with van der Waals surface area (Å²) in [5.41, 5.74) is 2.24. The number of hydrogen-bond acceptors (Lipinski definition) is 3. The number of hydrogen-bond donors (Lipinski definition) is 1. The maximum Gasteiger partial charge on any atom is 0.110 e. The molecular formula is C16H24N4. The molecular weight excluding hydrogens is 248 g/mol. The van der Waals surface area contributed by atoms with Crippen molar-refractivity contribution in [2.24, 2.45) is 11.8 Å². The van der Waals surface area contributed by atoms with E-state index in [4.69, 9.17) is 4.98 Å². The molecule has 108 valence electrons. The smallest absolute Gasteiger partial charge is 0.110 e. The second kappa shape index (κ2) is 5.92. The van der Waals surface area contributed by atoms with Gasteiger partial charge < -0.3 is 9.88 Å². The normalized spacial score (nSPS) is 21.2. The van der Waals surface area contributed by atoms with Gasteiger partial charge in [0.2, 0.25) is 0 Å². The molecule has 0 saturated carbocycles. The third kappa shape index (κ3) is 2.57. The van der Waals surface area contributed by atoms with Crippen molar-refractivity contribution in [3.8, 4) is 0 Å². The molecule has 1 aliphatic rings. The van der Waals surface area contributed by atoms with Crippen LogP contribution in [0.25, 0.3) is 11.0 Å². The van der Waals surface area contributed by atoms with Gasteiger partial charge in [-0.2, -0.15) is 0 Å². The zero-order valence-electron chi connectivity index (χ0n) is 12.5. The van der Waals surface area contributed by atoms with Crippen LogP contribution in [0.4, 0.5) is 0 Å². The van der Waals surface area contributed by atoms with Crippen molar-refractivity contribution in [3.05, 3.63) is 24.3 Å². The van der Waals surface area contributed by atoms with Crippen LogP contribution in [-0.4, -0.2) is 27.6 Å². The third-order valence-electron chi connectivity index (χ3n) is 4.59. The molecule has 20 heavy (non-hydrogen) atoms. The van der Waals surface area contributed by atoms with E-state index in [0.29, 0.717) is 5.92 Å². The van der Waals surface area contributed by atoms with Gasteiger partial charge in [0.25, 0.3) is 0 Å². The number of nitrogens with zero attached hydrogens (tertiary/aromatic N) is 3. The summed E-state index contributed by atoms with van der Waals surface area (Å²) in [6.45, 7) is 7.88. The van der Waals surface area contributed by atoms with Crippen molar-refractivity contribution >= 4 is 11.0 Å². The molecule has 0 aromatic carbocycles. The Morgan fingerprint density at radius 1 is 1.50 bits per heavy atom. The molecule has 1 fully saturated rings. The quantitative estimate of drug-likeness (QED) is 0.930. The van der Waals surface area contributed by atoms with E-state index in [1.165, 1.54) is 30.7 Å². The molecule has 4 nitrogen and oxygen atoms in total. The van der Waals surface area contributed by atoms with Crippen molar-refractivity contribution in [1.29, 1.82) is 0 Å². The Morgan fingerprint density at radius 2 is 2.40 bits per heavy atom. The Kier molecular flexibility index (Phi) is 4.01. The summed E-state index contributed by atoms with van der Waals surface area (Å²) >= 11 is 0. The Labute approximate surface area is 120 Å². The van der Waals surface area contributed by atoms with Crippen molar-refractivity contribution in [3.63, 3.8) is 0 Å². The summed E-state index contributed by atoms with van der Waals surface area (Å²) in [7, 11) is 0. The summed E-state index contributed by atoms with van der Waals surface area (Å²) < 4.78 is 2.34. The second-order valence-corrected chi connectivity index (χ2v) is 5.92. The summed E-state index contributed by atoms with van der Waals surface area (Å²) in [5, 5.41) is 3.52. The van der Waals surface area contributed by atoms with Crippen LogP contribution < -0.4 is 5.32 Å². The Balaban J connectivity index is 1.82. The van der Waals surface area contributed by atoms with Crippen LogP contribution in [0.2, 0.25) is 0 Å². The minimum atomic E-state index is 0.679. The Morgan fingerprint density at radius 3 is 3.15 bits per heavy atom. The lowest BCUT2D eigenvalue weighted by atomic mass is 9.85. The van der Waals surface area contributed by atoms with E-state index in [-0.39, 0.29) is 0 Å². The van der Waals surface area contributed by atoms with Crippen molar-refractivity contribution in [2.75, 3.05) is 13.1 Å². The van der Waals surface area contributed by atoms with Gasteiger partial charge in [0.05, 0.1) is 11.7 Å². The highest BCUT2D eigenvalue weighted by atomic mass is 15.1. The Hall–Kier alpha value is -1.42. The van der Waals surface area contributed by atoms with Crippen LogP contribution in [0, 0.1) is 11.8 Å². The van der Waals surface area contributed by atoms with Crippen molar-refractivity contribution < 1.29 is 0 Å². The second-order valence-electron chi connectivity index (χ2n) is 5.92. The number of pyridine rings is 1. The van der Waals surface area contributed by atoms with E-state index in [1.807, 2.05) is 12.4 Å². The number of aromatic nitrogens is 3. The third-order valence-corrected chi connectivity index (χ3v) is 4.59. The first-order chi connectivity index (χ1) is 9.79. The largest absolute Gasteiger partial charge is 0.328 e. The lowest BCUT2D eigenvalue weighted by Crippen LogP contribution is -2.34. The summed E-state index contributed by atoms with van der Waals surface area (Å²) in [6.07, 6.45) is 7.45. The fourth-order valence-electron chi connectivity index (χ4n) is 3.36. The molecule has 4 heteroatoms. The average Bonchev–Trinajstić information content (AvgIpc) is 2.85. The van der Waals surface area contributed by atoms with Crippen LogP contribution in [0.3, 0.4) is 0 Å². The molecule has 2 atom stereocenters. The predicted molar refractivity (Wildman–Crippen MR) is 81.7 cm³/mol. The summed E-state index contributed by atoms with van der Waals surface area (Å²) in [6, 6.07) is 2.07. The molecule has 1 aliphatic heterocycles. The maximum absolute atomic E-state index is 4.80. The van der Waals surface area contributed by atoms with Crippen molar-refractivity contribution in [2.45, 2.75) is 39.7 Å². The topological polar surface area (TPSA) is 42.7 Å². The summed E-state index contributed by atoms with van der Waals surface area (Å²) in [5.74, 6) is 2.68. The molecule has 3 heterocycles. The van der Waals surface area contributed by atoms with Gasteiger partial charge in [0.1, 0.15) is 11.3 Å². The monoisotopic (exact) mass is 272 g/mol. The summed E-state index contributed by atoms with van der Waals surface area (Å²) in [4.78, 5) is 8.98. The number of nitrogens with one attached hydrogen (secondary N) is 1. The van der Waals surface area contributed by atoms with Gasteiger partial charge in [-0.25, -0.2) is 4.98 Å². The molecule has 0 amide bonds. The van der Waals surface area contributed by atoms with Gasteiger partial charge >= 0.3 is 0 Å². The molecule has 2 aromatic rings. The molecule has 1 N–H and O–H groups in total. The Bertz CT molecular complexity index is 569. The average molecular weight is 272 g/mol. The maximum atomic E-state index is 4.80. The van der Waals surface area contributed by atoms with Gasteiger partial charge in [0.15, 0.2) is 0 Å². The number of fused-ring (bicyclic) bond motifs is 1. The van der Waals surface area contributed by atoms with Gasteiger partial charge in [0, 0.05) is 19.2 Å². The fourth-order valence-corrected chi connectivity index (χ4v) is 3.36. The van der Waals surface area contributed by atoms with E-state index in [9.17, 15) is 0 Å². The first kappa shape index (κ1) is 13.6. The van der Waals surface area contributed by atoms with E-state index < -0.39 is 0 Å². The van der Waals surface area contributed by atoms with Gasteiger partial charge in [-0.15, -0.1) is 0 Å². The number of aryl methyl sites for hydroxylation is 1. The molecule has 0 spiro atoms. The van der Waals surface area contributed by atoms with Crippen LogP contribution >= 0.6 is 0 Å². The fraction of sp³-hybridized carbons (Fsp3) is 0.625. The predicted octanol–water partition coefficient (Wildman–Crippen LogP) is 2.63.